The molecule has 0 N–H and O–H groups in total. The maximum atomic E-state index is 13.7. The highest BCUT2D eigenvalue weighted by molar-refractivity contribution is 5.79. The van der Waals surface area contributed by atoms with Crippen molar-refractivity contribution in [3.8, 4) is 0 Å². The zero-order chi connectivity index (χ0) is 15.4. The lowest BCUT2D eigenvalue weighted by Crippen LogP contribution is -2.43. The van der Waals surface area contributed by atoms with Crippen LogP contribution in [0.3, 0.4) is 0 Å². The Morgan fingerprint density at radius 3 is 2.64 bits per heavy atom. The van der Waals surface area contributed by atoms with Crippen LogP contribution in [0.5, 0.6) is 0 Å². The summed E-state index contributed by atoms with van der Waals surface area (Å²) in [6, 6.07) is 16.3. The Morgan fingerprint density at radius 1 is 1.14 bits per heavy atom. The lowest BCUT2D eigenvalue weighted by Gasteiger charge is -2.33. The fourth-order valence-electron chi connectivity index (χ4n) is 2.66. The van der Waals surface area contributed by atoms with Gasteiger partial charge >= 0.3 is 0 Å². The highest BCUT2D eigenvalue weighted by Crippen LogP contribution is 2.22. The monoisotopic (exact) mass is 299 g/mol. The number of rotatable bonds is 3. The topological polar surface area (TPSA) is 29.5 Å². The van der Waals surface area contributed by atoms with Crippen molar-refractivity contribution in [2.45, 2.75) is 12.5 Å². The number of ether oxygens (including phenoxy) is 1. The van der Waals surface area contributed by atoms with E-state index in [1.165, 1.54) is 6.07 Å². The fourth-order valence-corrected chi connectivity index (χ4v) is 2.66. The summed E-state index contributed by atoms with van der Waals surface area (Å²) in [5.74, 6) is -0.391. The van der Waals surface area contributed by atoms with Crippen LogP contribution in [0.25, 0.3) is 0 Å². The van der Waals surface area contributed by atoms with E-state index in [9.17, 15) is 9.18 Å². The number of nitrogens with zero attached hydrogens (tertiary/aromatic N) is 1. The molecule has 4 heteroatoms. The molecule has 1 atom stereocenters. The molecule has 0 spiro atoms. The standard InChI is InChI=1S/C18H18FNO2/c19-16-9-5-4-8-15(16)12-18(21)20-10-11-22-17(13-20)14-6-2-1-3-7-14/h1-9,17H,10-13H2. The van der Waals surface area contributed by atoms with E-state index in [4.69, 9.17) is 4.74 Å². The van der Waals surface area contributed by atoms with Gasteiger partial charge in [-0.25, -0.2) is 4.39 Å². The van der Waals surface area contributed by atoms with Crippen molar-refractivity contribution < 1.29 is 13.9 Å². The first kappa shape index (κ1) is 14.7. The molecule has 1 saturated heterocycles. The summed E-state index contributed by atoms with van der Waals surface area (Å²) in [6.45, 7) is 1.57. The van der Waals surface area contributed by atoms with Gasteiger partial charge < -0.3 is 9.64 Å². The Balaban J connectivity index is 1.67. The van der Waals surface area contributed by atoms with Crippen molar-refractivity contribution >= 4 is 5.91 Å². The fraction of sp³-hybridized carbons (Fsp3) is 0.278. The first-order chi connectivity index (χ1) is 10.7. The minimum absolute atomic E-state index is 0.0608. The van der Waals surface area contributed by atoms with Gasteiger partial charge in [-0.15, -0.1) is 0 Å². The van der Waals surface area contributed by atoms with Crippen molar-refractivity contribution in [1.29, 1.82) is 0 Å². The third-order valence-electron chi connectivity index (χ3n) is 3.89. The molecule has 3 nitrogen and oxygen atoms in total. The first-order valence-corrected chi connectivity index (χ1v) is 7.42. The van der Waals surface area contributed by atoms with Gasteiger partial charge in [0.25, 0.3) is 0 Å². The number of hydrogen-bond acceptors (Lipinski definition) is 2. The summed E-state index contributed by atoms with van der Waals surface area (Å²) in [4.78, 5) is 14.2. The molecular weight excluding hydrogens is 281 g/mol. The SMILES string of the molecule is O=C(Cc1ccccc1F)N1CCOC(c2ccccc2)C1. The van der Waals surface area contributed by atoms with E-state index < -0.39 is 0 Å². The largest absolute Gasteiger partial charge is 0.370 e. The predicted molar refractivity (Wildman–Crippen MR) is 81.8 cm³/mol. The molecule has 114 valence electrons. The first-order valence-electron chi connectivity index (χ1n) is 7.42. The van der Waals surface area contributed by atoms with Crippen LogP contribution in [0.2, 0.25) is 0 Å². The van der Waals surface area contributed by atoms with Crippen molar-refractivity contribution in [3.05, 3.63) is 71.5 Å². The maximum Gasteiger partial charge on any atom is 0.227 e. The van der Waals surface area contributed by atoms with E-state index >= 15 is 0 Å². The molecule has 1 unspecified atom stereocenters. The summed E-state index contributed by atoms with van der Waals surface area (Å²) in [6.07, 6.45) is -0.0201. The Hall–Kier alpha value is -2.20. The second-order valence-corrected chi connectivity index (χ2v) is 5.38. The summed E-state index contributed by atoms with van der Waals surface area (Å²) >= 11 is 0. The second kappa shape index (κ2) is 6.71. The van der Waals surface area contributed by atoms with Crippen LogP contribution >= 0.6 is 0 Å². The molecule has 2 aromatic carbocycles. The Kier molecular flexibility index (Phi) is 4.49. The van der Waals surface area contributed by atoms with Crippen LogP contribution in [0.15, 0.2) is 54.6 Å². The quantitative estimate of drug-likeness (QED) is 0.872. The van der Waals surface area contributed by atoms with E-state index in [1.807, 2.05) is 30.3 Å². The van der Waals surface area contributed by atoms with Crippen LogP contribution in [0.1, 0.15) is 17.2 Å². The lowest BCUT2D eigenvalue weighted by molar-refractivity contribution is -0.138. The van der Waals surface area contributed by atoms with Gasteiger partial charge in [0.15, 0.2) is 0 Å². The molecule has 1 amide bonds. The van der Waals surface area contributed by atoms with E-state index in [0.717, 1.165) is 5.56 Å². The van der Waals surface area contributed by atoms with Gasteiger partial charge in [-0.05, 0) is 17.2 Å². The smallest absolute Gasteiger partial charge is 0.227 e. The zero-order valence-electron chi connectivity index (χ0n) is 12.2. The summed E-state index contributed by atoms with van der Waals surface area (Å²) in [7, 11) is 0. The number of carbonyl (C=O) groups is 1. The average Bonchev–Trinajstić information content (AvgIpc) is 2.58. The summed E-state index contributed by atoms with van der Waals surface area (Å²) < 4.78 is 19.4. The molecule has 0 aromatic heterocycles. The molecule has 0 radical (unpaired) electrons. The molecular formula is C18H18FNO2. The van der Waals surface area contributed by atoms with Gasteiger partial charge in [-0.1, -0.05) is 48.5 Å². The zero-order valence-corrected chi connectivity index (χ0v) is 12.2. The van der Waals surface area contributed by atoms with Crippen molar-refractivity contribution in [3.63, 3.8) is 0 Å². The number of hydrogen-bond donors (Lipinski definition) is 0. The minimum Gasteiger partial charge on any atom is -0.370 e. The van der Waals surface area contributed by atoms with Crippen molar-refractivity contribution in [1.82, 2.24) is 4.90 Å². The van der Waals surface area contributed by atoms with Gasteiger partial charge in [0.1, 0.15) is 11.9 Å². The van der Waals surface area contributed by atoms with Crippen molar-refractivity contribution in [2.75, 3.05) is 19.7 Å². The van der Waals surface area contributed by atoms with Crippen LogP contribution in [-0.2, 0) is 16.0 Å². The van der Waals surface area contributed by atoms with E-state index in [0.29, 0.717) is 25.3 Å². The predicted octanol–water partition coefficient (Wildman–Crippen LogP) is 2.97. The normalized spacial score (nSPS) is 18.2. The molecule has 1 aliphatic heterocycles. The highest BCUT2D eigenvalue weighted by Gasteiger charge is 2.25. The number of morpholine rings is 1. The van der Waals surface area contributed by atoms with Gasteiger partial charge in [0.2, 0.25) is 5.91 Å². The number of amides is 1. The second-order valence-electron chi connectivity index (χ2n) is 5.38. The van der Waals surface area contributed by atoms with Crippen LogP contribution in [0, 0.1) is 5.82 Å². The van der Waals surface area contributed by atoms with Gasteiger partial charge in [0, 0.05) is 6.54 Å². The number of carbonyl (C=O) groups excluding carboxylic acids is 1. The molecule has 1 fully saturated rings. The third-order valence-corrected chi connectivity index (χ3v) is 3.89. The number of halogens is 1. The average molecular weight is 299 g/mol. The Labute approximate surface area is 129 Å². The molecule has 3 rings (SSSR count). The van der Waals surface area contributed by atoms with Crippen LogP contribution in [0.4, 0.5) is 4.39 Å². The van der Waals surface area contributed by atoms with Gasteiger partial charge in [-0.3, -0.25) is 4.79 Å². The Morgan fingerprint density at radius 2 is 1.86 bits per heavy atom. The number of benzene rings is 2. The summed E-state index contributed by atoms with van der Waals surface area (Å²) in [5, 5.41) is 0. The summed E-state index contributed by atoms with van der Waals surface area (Å²) in [5.41, 5.74) is 1.50. The molecule has 22 heavy (non-hydrogen) atoms. The van der Waals surface area contributed by atoms with E-state index in [2.05, 4.69) is 0 Å². The highest BCUT2D eigenvalue weighted by atomic mass is 19.1. The van der Waals surface area contributed by atoms with Crippen molar-refractivity contribution in [2.24, 2.45) is 0 Å². The minimum atomic E-state index is -0.330. The molecule has 1 heterocycles. The lowest BCUT2D eigenvalue weighted by atomic mass is 10.1. The van der Waals surface area contributed by atoms with Gasteiger partial charge in [-0.2, -0.15) is 0 Å². The van der Waals surface area contributed by atoms with E-state index in [1.54, 1.807) is 23.1 Å². The molecule has 0 aliphatic carbocycles. The maximum absolute atomic E-state index is 13.7. The third kappa shape index (κ3) is 3.34. The Bertz CT molecular complexity index is 645. The molecule has 0 bridgehead atoms. The molecule has 2 aromatic rings. The molecule has 0 saturated carbocycles. The van der Waals surface area contributed by atoms with Crippen LogP contribution < -0.4 is 0 Å². The van der Waals surface area contributed by atoms with E-state index in [-0.39, 0.29) is 24.2 Å². The molecule has 1 aliphatic rings. The van der Waals surface area contributed by atoms with Crippen LogP contribution in [-0.4, -0.2) is 30.5 Å². The van der Waals surface area contributed by atoms with Gasteiger partial charge in [0.05, 0.1) is 19.6 Å².